The number of nitriles is 1. The second-order valence-corrected chi connectivity index (χ2v) is 5.01. The van der Waals surface area contributed by atoms with Gasteiger partial charge in [-0.3, -0.25) is 0 Å². The second-order valence-electron chi connectivity index (χ2n) is 5.01. The first-order chi connectivity index (χ1) is 7.53. The van der Waals surface area contributed by atoms with E-state index in [1.54, 1.807) is 0 Å². The smallest absolute Gasteiger partial charge is 0.229 e. The molecule has 1 aromatic rings. The summed E-state index contributed by atoms with van der Waals surface area (Å²) >= 11 is 0. The van der Waals surface area contributed by atoms with Gasteiger partial charge in [-0.1, -0.05) is 19.0 Å². The third-order valence-corrected chi connectivity index (χ3v) is 3.05. The van der Waals surface area contributed by atoms with Gasteiger partial charge in [0.2, 0.25) is 5.89 Å². The summed E-state index contributed by atoms with van der Waals surface area (Å²) in [6.45, 7) is 4.33. The number of hydrogen-bond acceptors (Lipinski definition) is 5. The maximum absolute atomic E-state index is 9.42. The monoisotopic (exact) mass is 221 g/mol. The van der Waals surface area contributed by atoms with Crippen molar-refractivity contribution in [3.05, 3.63) is 11.7 Å². The summed E-state index contributed by atoms with van der Waals surface area (Å²) in [5.41, 5.74) is 0.270. The van der Waals surface area contributed by atoms with E-state index in [4.69, 9.17) is 9.78 Å². The molecule has 1 saturated carbocycles. The molecule has 86 valence electrons. The fourth-order valence-corrected chi connectivity index (χ4v) is 1.78. The molecule has 0 bridgehead atoms. The molecule has 5 nitrogen and oxygen atoms in total. The standard InChI is InChI=1S/C11H15N3O2/c1-11(2)6-8(11)10-13-9(16-14-10)5-7(15)3-4-12/h7-8,15H,3,5-6H2,1-2H3. The Hall–Kier alpha value is -1.41. The highest BCUT2D eigenvalue weighted by Crippen LogP contribution is 2.57. The van der Waals surface area contributed by atoms with Gasteiger partial charge in [-0.05, 0) is 11.8 Å². The van der Waals surface area contributed by atoms with E-state index in [9.17, 15) is 5.11 Å². The number of aromatic nitrogens is 2. The summed E-state index contributed by atoms with van der Waals surface area (Å²) < 4.78 is 5.05. The average molecular weight is 221 g/mol. The van der Waals surface area contributed by atoms with Gasteiger partial charge in [0.15, 0.2) is 5.82 Å². The minimum Gasteiger partial charge on any atom is -0.392 e. The van der Waals surface area contributed by atoms with Gasteiger partial charge in [-0.15, -0.1) is 0 Å². The van der Waals surface area contributed by atoms with Gasteiger partial charge >= 0.3 is 0 Å². The molecule has 0 radical (unpaired) electrons. The summed E-state index contributed by atoms with van der Waals surface area (Å²) in [6, 6.07) is 1.90. The largest absolute Gasteiger partial charge is 0.392 e. The van der Waals surface area contributed by atoms with Gasteiger partial charge in [0.05, 0.1) is 25.0 Å². The van der Waals surface area contributed by atoms with E-state index in [2.05, 4.69) is 24.0 Å². The van der Waals surface area contributed by atoms with Crippen LogP contribution in [0.1, 0.15) is 44.3 Å². The Morgan fingerprint density at radius 3 is 2.94 bits per heavy atom. The predicted octanol–water partition coefficient (Wildman–Crippen LogP) is 1.40. The Kier molecular flexibility index (Phi) is 2.68. The maximum Gasteiger partial charge on any atom is 0.229 e. The van der Waals surface area contributed by atoms with Gasteiger partial charge in [-0.2, -0.15) is 10.2 Å². The molecule has 1 fully saturated rings. The lowest BCUT2D eigenvalue weighted by molar-refractivity contribution is 0.167. The van der Waals surface area contributed by atoms with Crippen molar-refractivity contribution in [2.24, 2.45) is 5.41 Å². The van der Waals surface area contributed by atoms with Crippen molar-refractivity contribution in [2.75, 3.05) is 0 Å². The van der Waals surface area contributed by atoms with E-state index in [1.165, 1.54) is 0 Å². The summed E-state index contributed by atoms with van der Waals surface area (Å²) in [5, 5.41) is 21.7. The third-order valence-electron chi connectivity index (χ3n) is 3.05. The molecule has 1 aromatic heterocycles. The fraction of sp³-hybridized carbons (Fsp3) is 0.727. The fourth-order valence-electron chi connectivity index (χ4n) is 1.78. The minimum absolute atomic E-state index is 0.0899. The van der Waals surface area contributed by atoms with Gasteiger partial charge in [0.25, 0.3) is 0 Å². The van der Waals surface area contributed by atoms with Gasteiger partial charge in [-0.25, -0.2) is 0 Å². The molecule has 0 aromatic carbocycles. The van der Waals surface area contributed by atoms with Crippen LogP contribution in [0.5, 0.6) is 0 Å². The van der Waals surface area contributed by atoms with Crippen LogP contribution in [0.4, 0.5) is 0 Å². The van der Waals surface area contributed by atoms with Crippen LogP contribution in [0, 0.1) is 16.7 Å². The number of nitrogens with zero attached hydrogens (tertiary/aromatic N) is 3. The predicted molar refractivity (Wildman–Crippen MR) is 55.4 cm³/mol. The van der Waals surface area contributed by atoms with Crippen LogP contribution in [0.2, 0.25) is 0 Å². The van der Waals surface area contributed by atoms with Crippen LogP contribution >= 0.6 is 0 Å². The molecule has 2 atom stereocenters. The summed E-state index contributed by atoms with van der Waals surface area (Å²) in [5.74, 6) is 1.52. The third kappa shape index (κ3) is 2.22. The molecule has 0 amide bonds. The molecule has 2 rings (SSSR count). The molecule has 0 saturated heterocycles. The lowest BCUT2D eigenvalue weighted by Gasteiger charge is -1.99. The Bertz CT molecular complexity index is 419. The SMILES string of the molecule is CC1(C)CC1c1noc(CC(O)CC#N)n1. The van der Waals surface area contributed by atoms with Gasteiger partial charge in [0, 0.05) is 5.92 Å². The van der Waals surface area contributed by atoms with Crippen LogP contribution < -0.4 is 0 Å². The molecule has 1 N–H and O–H groups in total. The van der Waals surface area contributed by atoms with E-state index in [0.29, 0.717) is 11.8 Å². The Morgan fingerprint density at radius 2 is 2.38 bits per heavy atom. The zero-order valence-electron chi connectivity index (χ0n) is 9.47. The number of aliphatic hydroxyl groups is 1. The van der Waals surface area contributed by atoms with Crippen molar-refractivity contribution in [1.29, 1.82) is 5.26 Å². The first kappa shape index (κ1) is 11.1. The van der Waals surface area contributed by atoms with Crippen molar-refractivity contribution in [2.45, 2.75) is 45.1 Å². The molecule has 2 unspecified atom stereocenters. The molecule has 1 aliphatic carbocycles. The van der Waals surface area contributed by atoms with Crippen LogP contribution in [-0.2, 0) is 6.42 Å². The zero-order chi connectivity index (χ0) is 11.8. The first-order valence-corrected chi connectivity index (χ1v) is 5.40. The average Bonchev–Trinajstić information content (AvgIpc) is 2.63. The molecule has 1 aliphatic rings. The minimum atomic E-state index is -0.717. The Morgan fingerprint density at radius 1 is 1.69 bits per heavy atom. The van der Waals surface area contributed by atoms with E-state index >= 15 is 0 Å². The lowest BCUT2D eigenvalue weighted by atomic mass is 10.1. The molecule has 0 spiro atoms. The first-order valence-electron chi connectivity index (χ1n) is 5.40. The van der Waals surface area contributed by atoms with Crippen molar-refractivity contribution in [1.82, 2.24) is 10.1 Å². The van der Waals surface area contributed by atoms with Crippen LogP contribution in [-0.4, -0.2) is 21.4 Å². The van der Waals surface area contributed by atoms with Crippen molar-refractivity contribution < 1.29 is 9.63 Å². The molecular formula is C11H15N3O2. The highest BCUT2D eigenvalue weighted by atomic mass is 16.5. The molecular weight excluding hydrogens is 206 g/mol. The number of hydrogen-bond donors (Lipinski definition) is 1. The number of rotatable bonds is 4. The summed E-state index contributed by atoms with van der Waals surface area (Å²) in [6.07, 6.45) is 0.707. The van der Waals surface area contributed by atoms with E-state index in [0.717, 1.165) is 12.2 Å². The maximum atomic E-state index is 9.42. The van der Waals surface area contributed by atoms with E-state index in [1.807, 2.05) is 6.07 Å². The van der Waals surface area contributed by atoms with Crippen molar-refractivity contribution in [3.63, 3.8) is 0 Å². The van der Waals surface area contributed by atoms with Gasteiger partial charge in [0.1, 0.15) is 0 Å². The highest BCUT2D eigenvalue weighted by molar-refractivity contribution is 5.14. The van der Waals surface area contributed by atoms with E-state index < -0.39 is 6.10 Å². The normalized spacial score (nSPS) is 23.8. The molecule has 16 heavy (non-hydrogen) atoms. The quantitative estimate of drug-likeness (QED) is 0.830. The second kappa shape index (κ2) is 3.87. The van der Waals surface area contributed by atoms with Crippen LogP contribution in [0.3, 0.4) is 0 Å². The van der Waals surface area contributed by atoms with E-state index in [-0.39, 0.29) is 18.3 Å². The lowest BCUT2D eigenvalue weighted by Crippen LogP contribution is -2.09. The molecule has 5 heteroatoms. The van der Waals surface area contributed by atoms with Crippen LogP contribution in [0.15, 0.2) is 4.52 Å². The van der Waals surface area contributed by atoms with Crippen molar-refractivity contribution >= 4 is 0 Å². The number of aliphatic hydroxyl groups excluding tert-OH is 1. The zero-order valence-corrected chi connectivity index (χ0v) is 9.47. The van der Waals surface area contributed by atoms with Gasteiger partial charge < -0.3 is 9.63 Å². The van der Waals surface area contributed by atoms with Crippen molar-refractivity contribution in [3.8, 4) is 6.07 Å². The van der Waals surface area contributed by atoms with Crippen LogP contribution in [0.25, 0.3) is 0 Å². The summed E-state index contributed by atoms with van der Waals surface area (Å²) in [7, 11) is 0. The topological polar surface area (TPSA) is 82.9 Å². The molecule has 1 heterocycles. The Balaban J connectivity index is 1.96. The highest BCUT2D eigenvalue weighted by Gasteiger charge is 2.49. The Labute approximate surface area is 94.1 Å². The summed E-state index contributed by atoms with van der Waals surface area (Å²) in [4.78, 5) is 4.24. The molecule has 0 aliphatic heterocycles.